The molecule has 0 saturated heterocycles. The van der Waals surface area contributed by atoms with Gasteiger partial charge in [-0.25, -0.2) is 0 Å². The Balaban J connectivity index is 2.13. The molecule has 0 aliphatic carbocycles. The normalized spacial score (nSPS) is 10.4. The minimum Gasteiger partial charge on any atom is -0.370 e. The summed E-state index contributed by atoms with van der Waals surface area (Å²) >= 11 is 5.80. The third-order valence-electron chi connectivity index (χ3n) is 2.88. The second-order valence-electron chi connectivity index (χ2n) is 4.48. The molecule has 0 saturated carbocycles. The van der Waals surface area contributed by atoms with E-state index in [1.54, 1.807) is 6.20 Å². The van der Waals surface area contributed by atoms with E-state index in [0.29, 0.717) is 5.88 Å². The summed E-state index contributed by atoms with van der Waals surface area (Å²) in [5, 5.41) is 0. The van der Waals surface area contributed by atoms with Gasteiger partial charge in [0.25, 0.3) is 0 Å². The molecule has 2 nitrogen and oxygen atoms in total. The molecule has 0 fully saturated rings. The van der Waals surface area contributed by atoms with E-state index >= 15 is 0 Å². The molecular formula is C15H17ClN2. The minimum atomic E-state index is 0.451. The predicted molar refractivity (Wildman–Crippen MR) is 77.1 cm³/mol. The first-order chi connectivity index (χ1) is 8.69. The molecule has 2 rings (SSSR count). The molecule has 0 N–H and O–H groups in total. The van der Waals surface area contributed by atoms with Crippen LogP contribution in [0.3, 0.4) is 0 Å². The van der Waals surface area contributed by atoms with Crippen molar-refractivity contribution in [2.24, 2.45) is 0 Å². The number of benzene rings is 1. The minimum absolute atomic E-state index is 0.451. The Morgan fingerprint density at radius 1 is 1.22 bits per heavy atom. The maximum atomic E-state index is 5.80. The van der Waals surface area contributed by atoms with Crippen LogP contribution in [-0.4, -0.2) is 12.0 Å². The zero-order chi connectivity index (χ0) is 13.0. The van der Waals surface area contributed by atoms with Gasteiger partial charge in [-0.1, -0.05) is 29.8 Å². The number of halogens is 1. The first-order valence-corrected chi connectivity index (χ1v) is 6.50. The second-order valence-corrected chi connectivity index (χ2v) is 4.75. The summed E-state index contributed by atoms with van der Waals surface area (Å²) in [4.78, 5) is 6.40. The predicted octanol–water partition coefficient (Wildman–Crippen LogP) is 3.77. The lowest BCUT2D eigenvalue weighted by molar-refractivity contribution is 0.916. The number of aromatic nitrogens is 1. The average Bonchev–Trinajstić information content (AvgIpc) is 2.39. The van der Waals surface area contributed by atoms with Gasteiger partial charge in [-0.15, -0.1) is 11.6 Å². The highest BCUT2D eigenvalue weighted by atomic mass is 35.5. The van der Waals surface area contributed by atoms with E-state index in [1.165, 1.54) is 11.1 Å². The molecule has 94 valence electrons. The van der Waals surface area contributed by atoms with Crippen LogP contribution in [0, 0.1) is 6.92 Å². The molecule has 0 amide bonds. The fraction of sp³-hybridized carbons (Fsp3) is 0.267. The smallest absolute Gasteiger partial charge is 0.0648 e. The van der Waals surface area contributed by atoms with Gasteiger partial charge < -0.3 is 4.90 Å². The van der Waals surface area contributed by atoms with Crippen LogP contribution in [-0.2, 0) is 12.4 Å². The highest BCUT2D eigenvalue weighted by molar-refractivity contribution is 6.16. The van der Waals surface area contributed by atoms with Gasteiger partial charge in [0.15, 0.2) is 0 Å². The summed E-state index contributed by atoms with van der Waals surface area (Å²) in [5.74, 6) is 0.451. The molecule has 2 aromatic rings. The molecule has 0 aliphatic heterocycles. The standard InChI is InChI=1S/C15H17ClN2/c1-12-4-3-5-13(8-12)11-18(2)15-6-7-17-14(9-15)10-16/h3-9H,10-11H2,1-2H3. The molecule has 0 bridgehead atoms. The lowest BCUT2D eigenvalue weighted by atomic mass is 10.1. The highest BCUT2D eigenvalue weighted by Gasteiger charge is 2.03. The van der Waals surface area contributed by atoms with Crippen molar-refractivity contribution in [3.63, 3.8) is 0 Å². The number of aryl methyl sites for hydroxylation is 1. The van der Waals surface area contributed by atoms with Crippen molar-refractivity contribution in [1.82, 2.24) is 4.98 Å². The van der Waals surface area contributed by atoms with Crippen molar-refractivity contribution < 1.29 is 0 Å². The van der Waals surface area contributed by atoms with Crippen molar-refractivity contribution in [3.8, 4) is 0 Å². The fourth-order valence-corrected chi connectivity index (χ4v) is 2.10. The van der Waals surface area contributed by atoms with Gasteiger partial charge in [-0.05, 0) is 24.6 Å². The van der Waals surface area contributed by atoms with E-state index in [0.717, 1.165) is 17.9 Å². The third-order valence-corrected chi connectivity index (χ3v) is 3.15. The van der Waals surface area contributed by atoms with Crippen LogP contribution in [0.4, 0.5) is 5.69 Å². The van der Waals surface area contributed by atoms with Crippen molar-refractivity contribution in [2.75, 3.05) is 11.9 Å². The number of hydrogen-bond acceptors (Lipinski definition) is 2. The Kier molecular flexibility index (Phi) is 4.21. The average molecular weight is 261 g/mol. The van der Waals surface area contributed by atoms with E-state index in [-0.39, 0.29) is 0 Å². The Bertz CT molecular complexity index is 525. The van der Waals surface area contributed by atoms with Crippen molar-refractivity contribution in [2.45, 2.75) is 19.3 Å². The number of hydrogen-bond donors (Lipinski definition) is 0. The first kappa shape index (κ1) is 12.9. The highest BCUT2D eigenvalue weighted by Crippen LogP contribution is 2.17. The summed E-state index contributed by atoms with van der Waals surface area (Å²) in [6, 6.07) is 12.6. The Morgan fingerprint density at radius 3 is 2.78 bits per heavy atom. The van der Waals surface area contributed by atoms with Gasteiger partial charge in [-0.2, -0.15) is 0 Å². The maximum absolute atomic E-state index is 5.80. The van der Waals surface area contributed by atoms with Crippen LogP contribution in [0.5, 0.6) is 0 Å². The summed E-state index contributed by atoms with van der Waals surface area (Å²) in [7, 11) is 2.08. The molecule has 1 aromatic heterocycles. The topological polar surface area (TPSA) is 16.1 Å². The summed E-state index contributed by atoms with van der Waals surface area (Å²) in [6.07, 6.45) is 1.81. The fourth-order valence-electron chi connectivity index (χ4n) is 1.95. The Labute approximate surface area is 113 Å². The Morgan fingerprint density at radius 2 is 2.06 bits per heavy atom. The first-order valence-electron chi connectivity index (χ1n) is 5.96. The number of alkyl halides is 1. The van der Waals surface area contributed by atoms with Crippen LogP contribution >= 0.6 is 11.6 Å². The number of pyridine rings is 1. The van der Waals surface area contributed by atoms with Crippen molar-refractivity contribution in [3.05, 3.63) is 59.4 Å². The summed E-state index contributed by atoms with van der Waals surface area (Å²) < 4.78 is 0. The van der Waals surface area contributed by atoms with E-state index in [4.69, 9.17) is 11.6 Å². The molecule has 0 aliphatic rings. The van der Waals surface area contributed by atoms with Crippen molar-refractivity contribution in [1.29, 1.82) is 0 Å². The molecule has 1 aromatic carbocycles. The zero-order valence-corrected chi connectivity index (χ0v) is 11.5. The molecular weight excluding hydrogens is 244 g/mol. The maximum Gasteiger partial charge on any atom is 0.0648 e. The molecule has 18 heavy (non-hydrogen) atoms. The molecule has 3 heteroatoms. The van der Waals surface area contributed by atoms with Gasteiger partial charge >= 0.3 is 0 Å². The zero-order valence-electron chi connectivity index (χ0n) is 10.7. The van der Waals surface area contributed by atoms with Crippen LogP contribution in [0.2, 0.25) is 0 Å². The second kappa shape index (κ2) is 5.87. The van der Waals surface area contributed by atoms with Gasteiger partial charge in [0.05, 0.1) is 11.6 Å². The molecule has 0 atom stereocenters. The van der Waals surface area contributed by atoms with E-state index in [9.17, 15) is 0 Å². The number of nitrogens with zero attached hydrogens (tertiary/aromatic N) is 2. The van der Waals surface area contributed by atoms with Crippen LogP contribution in [0.15, 0.2) is 42.6 Å². The third kappa shape index (κ3) is 3.23. The largest absolute Gasteiger partial charge is 0.370 e. The number of rotatable bonds is 4. The van der Waals surface area contributed by atoms with E-state index < -0.39 is 0 Å². The monoisotopic (exact) mass is 260 g/mol. The summed E-state index contributed by atoms with van der Waals surface area (Å²) in [5.41, 5.74) is 4.64. The molecule has 1 heterocycles. The van der Waals surface area contributed by atoms with Crippen LogP contribution < -0.4 is 4.90 Å². The van der Waals surface area contributed by atoms with Crippen molar-refractivity contribution >= 4 is 17.3 Å². The van der Waals surface area contributed by atoms with Crippen LogP contribution in [0.25, 0.3) is 0 Å². The van der Waals surface area contributed by atoms with Gasteiger partial charge in [0.2, 0.25) is 0 Å². The number of anilines is 1. The lowest BCUT2D eigenvalue weighted by Gasteiger charge is -2.20. The van der Waals surface area contributed by atoms with E-state index in [2.05, 4.69) is 48.1 Å². The molecule has 0 unspecified atom stereocenters. The van der Waals surface area contributed by atoms with E-state index in [1.807, 2.05) is 12.1 Å². The quantitative estimate of drug-likeness (QED) is 0.778. The van der Waals surface area contributed by atoms with Gasteiger partial charge in [0, 0.05) is 25.5 Å². The SMILES string of the molecule is Cc1cccc(CN(C)c2ccnc(CCl)c2)c1. The molecule has 0 radical (unpaired) electrons. The molecule has 0 spiro atoms. The van der Waals surface area contributed by atoms with Crippen LogP contribution in [0.1, 0.15) is 16.8 Å². The van der Waals surface area contributed by atoms with Gasteiger partial charge in [-0.3, -0.25) is 4.98 Å². The Hall–Kier alpha value is -1.54. The lowest BCUT2D eigenvalue weighted by Crippen LogP contribution is -2.16. The van der Waals surface area contributed by atoms with Gasteiger partial charge in [0.1, 0.15) is 0 Å². The summed E-state index contributed by atoms with van der Waals surface area (Å²) in [6.45, 7) is 2.99.